The van der Waals surface area contributed by atoms with E-state index in [2.05, 4.69) is 19.2 Å². The number of nitrogens with two attached hydrogens (primary N) is 2. The van der Waals surface area contributed by atoms with Gasteiger partial charge in [0.15, 0.2) is 0 Å². The van der Waals surface area contributed by atoms with Crippen molar-refractivity contribution in [3.63, 3.8) is 0 Å². The quantitative estimate of drug-likeness (QED) is 0.742. The van der Waals surface area contributed by atoms with Crippen molar-refractivity contribution in [2.45, 2.75) is 26.3 Å². The number of amides is 3. The lowest BCUT2D eigenvalue weighted by molar-refractivity contribution is 0.0789. The highest BCUT2D eigenvalue weighted by molar-refractivity contribution is 5.96. The van der Waals surface area contributed by atoms with E-state index in [0.29, 0.717) is 23.7 Å². The molecule has 0 spiro atoms. The average Bonchev–Trinajstić information content (AvgIpc) is 2.42. The van der Waals surface area contributed by atoms with Gasteiger partial charge in [0.1, 0.15) is 0 Å². The van der Waals surface area contributed by atoms with Crippen LogP contribution in [0.15, 0.2) is 24.3 Å². The lowest BCUT2D eigenvalue weighted by atomic mass is 10.0. The van der Waals surface area contributed by atoms with Crippen LogP contribution in [0.5, 0.6) is 0 Å². The molecule has 1 unspecified atom stereocenters. The minimum Gasteiger partial charge on any atom is -0.351 e. The summed E-state index contributed by atoms with van der Waals surface area (Å²) in [4.78, 5) is 24.8. The van der Waals surface area contributed by atoms with Crippen LogP contribution in [0.3, 0.4) is 0 Å². The molecule has 0 saturated carbocycles. The number of nitrogens with zero attached hydrogens (tertiary/aromatic N) is 1. The van der Waals surface area contributed by atoms with Crippen molar-refractivity contribution >= 4 is 17.6 Å². The molecule has 0 aliphatic rings. The molecule has 6 nitrogen and oxygen atoms in total. The molecule has 0 aliphatic heterocycles. The zero-order valence-corrected chi connectivity index (χ0v) is 12.8. The second-order valence-corrected chi connectivity index (χ2v) is 5.49. The molecule has 5 N–H and O–H groups in total. The van der Waals surface area contributed by atoms with Crippen molar-refractivity contribution in [2.24, 2.45) is 17.4 Å². The smallest absolute Gasteiger partial charge is 0.316 e. The van der Waals surface area contributed by atoms with Crippen LogP contribution in [0, 0.1) is 5.92 Å². The number of primary amides is 1. The molecule has 6 heteroatoms. The Hall–Kier alpha value is -2.08. The van der Waals surface area contributed by atoms with E-state index in [-0.39, 0.29) is 11.9 Å². The van der Waals surface area contributed by atoms with Crippen molar-refractivity contribution in [1.29, 1.82) is 0 Å². The molecule has 21 heavy (non-hydrogen) atoms. The molecule has 0 heterocycles. The van der Waals surface area contributed by atoms with Crippen LogP contribution >= 0.6 is 0 Å². The molecule has 116 valence electrons. The molecule has 1 atom stereocenters. The van der Waals surface area contributed by atoms with Crippen LogP contribution in [-0.2, 0) is 0 Å². The van der Waals surface area contributed by atoms with E-state index in [1.807, 2.05) is 0 Å². The molecule has 1 aromatic carbocycles. The van der Waals surface area contributed by atoms with Gasteiger partial charge >= 0.3 is 6.03 Å². The Kier molecular flexibility index (Phi) is 6.17. The summed E-state index contributed by atoms with van der Waals surface area (Å²) in [5.41, 5.74) is 12.0. The SMILES string of the molecule is CC(C)C(N)CCN(C)C(=O)c1cccc(NC(N)=O)c1. The van der Waals surface area contributed by atoms with Crippen molar-refractivity contribution in [1.82, 2.24) is 4.90 Å². The lowest BCUT2D eigenvalue weighted by Gasteiger charge is -2.21. The minimum absolute atomic E-state index is 0.0723. The molecule has 0 radical (unpaired) electrons. The van der Waals surface area contributed by atoms with Gasteiger partial charge in [0.05, 0.1) is 0 Å². The number of carbonyl (C=O) groups is 2. The van der Waals surface area contributed by atoms with Crippen LogP contribution in [0.1, 0.15) is 30.6 Å². The maximum absolute atomic E-state index is 12.3. The summed E-state index contributed by atoms with van der Waals surface area (Å²) >= 11 is 0. The van der Waals surface area contributed by atoms with Crippen molar-refractivity contribution in [2.75, 3.05) is 18.9 Å². The molecule has 0 bridgehead atoms. The van der Waals surface area contributed by atoms with E-state index in [9.17, 15) is 9.59 Å². The van der Waals surface area contributed by atoms with Gasteiger partial charge in [-0.15, -0.1) is 0 Å². The first kappa shape index (κ1) is 17.0. The zero-order valence-electron chi connectivity index (χ0n) is 12.8. The predicted octanol–water partition coefficient (Wildman–Crippen LogP) is 1.62. The maximum Gasteiger partial charge on any atom is 0.316 e. The van der Waals surface area contributed by atoms with Gasteiger partial charge in [-0.1, -0.05) is 19.9 Å². The number of rotatable bonds is 6. The minimum atomic E-state index is -0.657. The Labute approximate surface area is 125 Å². The first-order chi connectivity index (χ1) is 9.81. The highest BCUT2D eigenvalue weighted by Gasteiger charge is 2.14. The number of urea groups is 1. The Morgan fingerprint density at radius 3 is 2.57 bits per heavy atom. The molecule has 0 aliphatic carbocycles. The molecular formula is C15H24N4O2. The Balaban J connectivity index is 2.67. The van der Waals surface area contributed by atoms with Crippen molar-refractivity contribution in [3.05, 3.63) is 29.8 Å². The van der Waals surface area contributed by atoms with Gasteiger partial charge < -0.3 is 21.7 Å². The lowest BCUT2D eigenvalue weighted by Crippen LogP contribution is -2.34. The zero-order chi connectivity index (χ0) is 16.0. The summed E-state index contributed by atoms with van der Waals surface area (Å²) in [5.74, 6) is 0.274. The molecule has 0 fully saturated rings. The second kappa shape index (κ2) is 7.64. The van der Waals surface area contributed by atoms with E-state index in [0.717, 1.165) is 6.42 Å². The third-order valence-electron chi connectivity index (χ3n) is 3.38. The highest BCUT2D eigenvalue weighted by Crippen LogP contribution is 2.13. The highest BCUT2D eigenvalue weighted by atomic mass is 16.2. The van der Waals surface area contributed by atoms with Gasteiger partial charge in [-0.2, -0.15) is 0 Å². The summed E-state index contributed by atoms with van der Waals surface area (Å²) in [5, 5.41) is 2.45. The first-order valence-electron chi connectivity index (χ1n) is 6.98. The Morgan fingerprint density at radius 2 is 2.00 bits per heavy atom. The number of hydrogen-bond acceptors (Lipinski definition) is 3. The summed E-state index contributed by atoms with van der Waals surface area (Å²) in [6, 6.07) is 6.10. The Bertz CT molecular complexity index is 502. The molecule has 1 rings (SSSR count). The van der Waals surface area contributed by atoms with Crippen LogP contribution < -0.4 is 16.8 Å². The monoisotopic (exact) mass is 292 g/mol. The molecule has 0 aromatic heterocycles. The average molecular weight is 292 g/mol. The van der Waals surface area contributed by atoms with Gasteiger partial charge in [-0.25, -0.2) is 4.79 Å². The van der Waals surface area contributed by atoms with E-state index >= 15 is 0 Å². The van der Waals surface area contributed by atoms with Gasteiger partial charge in [0.25, 0.3) is 5.91 Å². The van der Waals surface area contributed by atoms with Gasteiger partial charge in [0, 0.05) is 30.9 Å². The van der Waals surface area contributed by atoms with Gasteiger partial charge in [-0.05, 0) is 30.5 Å². The fraction of sp³-hybridized carbons (Fsp3) is 0.467. The number of anilines is 1. The largest absolute Gasteiger partial charge is 0.351 e. The topological polar surface area (TPSA) is 101 Å². The number of hydrogen-bond donors (Lipinski definition) is 3. The van der Waals surface area contributed by atoms with E-state index < -0.39 is 6.03 Å². The van der Waals surface area contributed by atoms with Crippen LogP contribution in [-0.4, -0.2) is 36.5 Å². The van der Waals surface area contributed by atoms with Gasteiger partial charge in [-0.3, -0.25) is 4.79 Å². The van der Waals surface area contributed by atoms with Crippen LogP contribution in [0.25, 0.3) is 0 Å². The second-order valence-electron chi connectivity index (χ2n) is 5.49. The summed E-state index contributed by atoms with van der Waals surface area (Å²) < 4.78 is 0. The number of carbonyl (C=O) groups excluding carboxylic acids is 2. The number of benzene rings is 1. The van der Waals surface area contributed by atoms with E-state index in [1.54, 1.807) is 36.2 Å². The Morgan fingerprint density at radius 1 is 1.33 bits per heavy atom. The summed E-state index contributed by atoms with van der Waals surface area (Å²) in [6.07, 6.45) is 0.749. The van der Waals surface area contributed by atoms with Crippen molar-refractivity contribution in [3.8, 4) is 0 Å². The van der Waals surface area contributed by atoms with Crippen LogP contribution in [0.2, 0.25) is 0 Å². The standard InChI is InChI=1S/C15H24N4O2/c1-10(2)13(16)7-8-19(3)14(20)11-5-4-6-12(9-11)18-15(17)21/h4-6,9-10,13H,7-8,16H2,1-3H3,(H3,17,18,21). The number of nitrogens with one attached hydrogen (secondary N) is 1. The van der Waals surface area contributed by atoms with Gasteiger partial charge in [0.2, 0.25) is 0 Å². The van der Waals surface area contributed by atoms with E-state index in [4.69, 9.17) is 11.5 Å². The normalized spacial score (nSPS) is 12.0. The molecular weight excluding hydrogens is 268 g/mol. The fourth-order valence-corrected chi connectivity index (χ4v) is 1.87. The summed E-state index contributed by atoms with van der Waals surface area (Å²) in [6.45, 7) is 4.71. The molecule has 3 amide bonds. The third-order valence-corrected chi connectivity index (χ3v) is 3.38. The maximum atomic E-state index is 12.3. The third kappa shape index (κ3) is 5.43. The van der Waals surface area contributed by atoms with E-state index in [1.165, 1.54) is 0 Å². The predicted molar refractivity (Wildman–Crippen MR) is 84.0 cm³/mol. The summed E-state index contributed by atoms with van der Waals surface area (Å²) in [7, 11) is 1.74. The molecule has 0 saturated heterocycles. The van der Waals surface area contributed by atoms with Crippen LogP contribution in [0.4, 0.5) is 10.5 Å². The van der Waals surface area contributed by atoms with Crippen molar-refractivity contribution < 1.29 is 9.59 Å². The first-order valence-corrected chi connectivity index (χ1v) is 6.98. The molecule has 1 aromatic rings. The fourth-order valence-electron chi connectivity index (χ4n) is 1.87.